The Balaban J connectivity index is 0.000000484. The highest BCUT2D eigenvalue weighted by atomic mass is 35.5. The Morgan fingerprint density at radius 2 is 0.663 bits per heavy atom. The fourth-order valence-electron chi connectivity index (χ4n) is 7.65. The molecule has 7 aromatic rings. The van der Waals surface area contributed by atoms with E-state index in [-0.39, 0.29) is 78.6 Å². The van der Waals surface area contributed by atoms with E-state index >= 15 is 0 Å². The minimum atomic E-state index is -0.388. The van der Waals surface area contributed by atoms with E-state index in [0.717, 1.165) is 62.5 Å². The fraction of sp³-hybridized carbons (Fsp3) is 0.438. The van der Waals surface area contributed by atoms with Crippen molar-refractivity contribution in [1.82, 2.24) is 4.98 Å². The Hall–Kier alpha value is -5.93. The third-order valence-corrected chi connectivity index (χ3v) is 13.0. The van der Waals surface area contributed by atoms with Crippen LogP contribution in [-0.2, 0) is 37.9 Å². The quantitative estimate of drug-likeness (QED) is 0.153. The lowest BCUT2D eigenvalue weighted by atomic mass is 9.86. The van der Waals surface area contributed by atoms with Crippen LogP contribution in [0.25, 0.3) is 0 Å². The van der Waals surface area contributed by atoms with Crippen molar-refractivity contribution >= 4 is 11.6 Å². The number of hydrogen-bond donors (Lipinski definition) is 0. The number of ether oxygens (including phenoxy) is 1. The predicted molar refractivity (Wildman–Crippen MR) is 339 cm³/mol. The number of nitrogens with zero attached hydrogens (tertiary/aromatic N) is 1. The van der Waals surface area contributed by atoms with Crippen molar-refractivity contribution in [3.05, 3.63) is 235 Å². The van der Waals surface area contributed by atoms with Gasteiger partial charge >= 0.3 is 0 Å². The molecule has 0 atom stereocenters. The van der Waals surface area contributed by atoms with Gasteiger partial charge in [-0.3, -0.25) is 0 Å². The largest absolute Gasteiger partial charge is 0.481 e. The molecule has 0 bridgehead atoms. The van der Waals surface area contributed by atoms with E-state index in [0.29, 0.717) is 10.6 Å². The number of pyridine rings is 1. The summed E-state index contributed by atoms with van der Waals surface area (Å²) in [4.78, 5) is 4.24. The summed E-state index contributed by atoms with van der Waals surface area (Å²) in [6.45, 7) is 48.9. The summed E-state index contributed by atoms with van der Waals surface area (Å²) >= 11 is 5.91. The maximum atomic E-state index is 13.1. The van der Waals surface area contributed by atoms with Crippen LogP contribution in [0.15, 0.2) is 134 Å². The molecule has 0 unspecified atom stereocenters. The molecular weight excluding hydrogens is 1080 g/mol. The lowest BCUT2D eigenvalue weighted by molar-refractivity contribution is 0.380. The molecule has 1 aromatic heterocycles. The minimum Gasteiger partial charge on any atom is -0.481 e. The second-order valence-electron chi connectivity index (χ2n) is 28.1. The third kappa shape index (κ3) is 28.5. The molecule has 0 aliphatic carbocycles. The number of aryl methyl sites for hydroxylation is 3. The first-order valence-corrected chi connectivity index (χ1v) is 28.4. The van der Waals surface area contributed by atoms with Crippen LogP contribution in [0, 0.1) is 61.5 Å². The monoisotopic (exact) mass is 1170 g/mol. The number of rotatable bonds is 1. The van der Waals surface area contributed by atoms with Gasteiger partial charge < -0.3 is 4.74 Å². The molecule has 0 aliphatic heterocycles. The molecule has 6 aromatic carbocycles. The molecule has 10 heteroatoms. The van der Waals surface area contributed by atoms with E-state index in [1.807, 2.05) is 92.8 Å². The highest BCUT2D eigenvalue weighted by Crippen LogP contribution is 2.32. The van der Waals surface area contributed by atoms with Crippen molar-refractivity contribution in [1.29, 1.82) is 0 Å². The number of methoxy groups -OCH3 is 1. The smallest absolute Gasteiger partial charge is 0.216 e. The van der Waals surface area contributed by atoms with Gasteiger partial charge in [-0.15, -0.1) is 0 Å². The maximum Gasteiger partial charge on any atom is 0.216 e. The molecule has 456 valence electrons. The van der Waals surface area contributed by atoms with Crippen molar-refractivity contribution in [2.45, 2.75) is 204 Å². The standard InChI is InChI=1S/2C11H15F.C11H17NO.C10H12ClF.C10H12F2.2C10H13F/c2*1-8-5-9(11(2,3)4)7-10(12)6-8;1-8-6-9(11(2,3)4)10(13-5)12-7-8;1-10(2,3)8-6-7(12)4-5-9(8)11;1-10(2,3)8-6-7(11)4-5-9(8)12;2*1-10(2,3)8-5-4-6-9(11)7-8/h2*5-7H,1-4H3;6-7H,1-5H3;2*4-6H,1-3H3;2*4-7H,1-3H3. The molecule has 0 saturated heterocycles. The molecule has 83 heavy (non-hydrogen) atoms. The zero-order valence-electron chi connectivity index (χ0n) is 54.6. The van der Waals surface area contributed by atoms with Gasteiger partial charge in [0.25, 0.3) is 0 Å². The van der Waals surface area contributed by atoms with Crippen molar-refractivity contribution < 1.29 is 35.5 Å². The first-order chi connectivity index (χ1) is 37.6. The summed E-state index contributed by atoms with van der Waals surface area (Å²) in [5.74, 6) is -0.817. The van der Waals surface area contributed by atoms with Crippen molar-refractivity contribution in [3.8, 4) is 5.88 Å². The Kier molecular flexibility index (Phi) is 28.3. The van der Waals surface area contributed by atoms with E-state index in [2.05, 4.69) is 115 Å². The van der Waals surface area contributed by atoms with Crippen LogP contribution in [0.5, 0.6) is 5.88 Å². The van der Waals surface area contributed by atoms with Crippen LogP contribution in [-0.4, -0.2) is 12.1 Å². The molecule has 0 radical (unpaired) electrons. The topological polar surface area (TPSA) is 22.1 Å². The molecule has 0 spiro atoms. The van der Waals surface area contributed by atoms with Crippen LogP contribution >= 0.6 is 11.6 Å². The molecule has 7 rings (SSSR count). The van der Waals surface area contributed by atoms with Gasteiger partial charge in [0.2, 0.25) is 5.88 Å². The number of halogens is 8. The summed E-state index contributed by atoms with van der Waals surface area (Å²) < 4.78 is 95.2. The highest BCUT2D eigenvalue weighted by molar-refractivity contribution is 6.31. The zero-order chi connectivity index (χ0) is 64.4. The zero-order valence-corrected chi connectivity index (χ0v) is 55.3. The van der Waals surface area contributed by atoms with E-state index < -0.39 is 0 Å². The van der Waals surface area contributed by atoms with Crippen molar-refractivity contribution in [2.24, 2.45) is 0 Å². The molecule has 0 aliphatic rings. The van der Waals surface area contributed by atoms with E-state index in [9.17, 15) is 30.7 Å². The van der Waals surface area contributed by atoms with Crippen LogP contribution in [0.3, 0.4) is 0 Å². The summed E-state index contributed by atoms with van der Waals surface area (Å²) in [6, 6.07) is 34.0. The molecule has 0 fully saturated rings. The van der Waals surface area contributed by atoms with E-state index in [1.54, 1.807) is 61.7 Å². The summed E-state index contributed by atoms with van der Waals surface area (Å²) in [5.41, 5.74) is 9.57. The van der Waals surface area contributed by atoms with Crippen LogP contribution in [0.1, 0.15) is 201 Å². The van der Waals surface area contributed by atoms with Gasteiger partial charge in [-0.1, -0.05) is 193 Å². The Morgan fingerprint density at radius 1 is 0.325 bits per heavy atom. The summed E-state index contributed by atoms with van der Waals surface area (Å²) in [7, 11) is 1.66. The summed E-state index contributed by atoms with van der Waals surface area (Å²) in [6.07, 6.45) is 1.83. The van der Waals surface area contributed by atoms with Crippen LogP contribution in [0.2, 0.25) is 5.02 Å². The van der Waals surface area contributed by atoms with Gasteiger partial charge in [0.1, 0.15) is 40.7 Å². The van der Waals surface area contributed by atoms with Gasteiger partial charge in [-0.25, -0.2) is 35.7 Å². The van der Waals surface area contributed by atoms with Crippen LogP contribution < -0.4 is 4.74 Å². The first-order valence-electron chi connectivity index (χ1n) is 28.1. The average molecular weight is 1170 g/mol. The average Bonchev–Trinajstić information content (AvgIpc) is 3.37. The minimum absolute atomic E-state index is 0.0346. The third-order valence-electron chi connectivity index (χ3n) is 12.7. The molecular formula is C73H97ClF7NO. The second-order valence-corrected chi connectivity index (χ2v) is 28.5. The van der Waals surface area contributed by atoms with Crippen LogP contribution in [0.4, 0.5) is 30.7 Å². The fourth-order valence-corrected chi connectivity index (χ4v) is 8.05. The first kappa shape index (κ1) is 75.1. The second kappa shape index (κ2) is 31.3. The molecule has 1 heterocycles. The number of hydrogen-bond acceptors (Lipinski definition) is 2. The maximum absolute atomic E-state index is 13.1. The Bertz CT molecular complexity index is 2890. The molecule has 0 N–H and O–H groups in total. The molecule has 2 nitrogen and oxygen atoms in total. The van der Waals surface area contributed by atoms with Crippen molar-refractivity contribution in [3.63, 3.8) is 0 Å². The number of aromatic nitrogens is 1. The van der Waals surface area contributed by atoms with Gasteiger partial charge in [-0.05, 0) is 200 Å². The molecule has 0 saturated carbocycles. The SMILES string of the molecule is CC(C)(C)c1cc(F)ccc1Cl.CC(C)(C)c1cc(F)ccc1F.CC(C)(C)c1cccc(F)c1.CC(C)(C)c1cccc(F)c1.COc1ncc(C)cc1C(C)(C)C.Cc1cc(F)cc(C(C)(C)C)c1.Cc1cc(F)cc(C(C)(C)C)c1. The lowest BCUT2D eigenvalue weighted by Gasteiger charge is -2.21. The van der Waals surface area contributed by atoms with E-state index in [1.165, 1.54) is 35.9 Å². The Morgan fingerprint density at radius 3 is 0.952 bits per heavy atom. The highest BCUT2D eigenvalue weighted by Gasteiger charge is 2.22. The van der Waals surface area contributed by atoms with Gasteiger partial charge in [-0.2, -0.15) is 0 Å². The summed E-state index contributed by atoms with van der Waals surface area (Å²) in [5, 5.41) is 0.629. The van der Waals surface area contributed by atoms with Gasteiger partial charge in [0, 0.05) is 16.8 Å². The normalized spacial score (nSPS) is 11.7. The van der Waals surface area contributed by atoms with Crippen molar-refractivity contribution in [2.75, 3.05) is 7.11 Å². The number of benzene rings is 6. The van der Waals surface area contributed by atoms with Gasteiger partial charge in [0.05, 0.1) is 7.11 Å². The Labute approximate surface area is 501 Å². The van der Waals surface area contributed by atoms with E-state index in [4.69, 9.17) is 16.3 Å². The van der Waals surface area contributed by atoms with Gasteiger partial charge in [0.15, 0.2) is 0 Å². The lowest BCUT2D eigenvalue weighted by Crippen LogP contribution is -2.13. The molecule has 0 amide bonds. The predicted octanol–water partition coefficient (Wildman–Crippen LogP) is 22.8.